The zero-order valence-electron chi connectivity index (χ0n) is 11.2. The van der Waals surface area contributed by atoms with Crippen molar-refractivity contribution in [3.63, 3.8) is 0 Å². The van der Waals surface area contributed by atoms with E-state index in [4.69, 9.17) is 0 Å². The lowest BCUT2D eigenvalue weighted by atomic mass is 10.1. The second-order valence-electron chi connectivity index (χ2n) is 4.58. The maximum atomic E-state index is 12.2. The fourth-order valence-corrected chi connectivity index (χ4v) is 3.15. The number of rotatable bonds is 6. The topological polar surface area (TPSA) is 126 Å². The molecule has 116 valence electrons. The maximum absolute atomic E-state index is 12.2. The lowest BCUT2D eigenvalue weighted by Gasteiger charge is -2.20. The summed E-state index contributed by atoms with van der Waals surface area (Å²) in [5, 5.41) is 22.8. The highest BCUT2D eigenvalue weighted by molar-refractivity contribution is 7.89. The molecule has 7 nitrogen and oxygen atoms in total. The molecule has 0 radical (unpaired) electrons. The van der Waals surface area contributed by atoms with Gasteiger partial charge < -0.3 is 19.8 Å². The van der Waals surface area contributed by atoms with Crippen molar-refractivity contribution in [3.05, 3.63) is 42.5 Å². The van der Waals surface area contributed by atoms with Gasteiger partial charge in [-0.2, -0.15) is 0 Å². The van der Waals surface area contributed by atoms with E-state index in [-0.39, 0.29) is 4.90 Å². The Kier molecular flexibility index (Phi) is 4.43. The van der Waals surface area contributed by atoms with Gasteiger partial charge in [-0.25, -0.2) is 13.1 Å². The van der Waals surface area contributed by atoms with E-state index in [1.807, 2.05) is 0 Å². The van der Waals surface area contributed by atoms with Crippen molar-refractivity contribution in [1.29, 1.82) is 0 Å². The minimum Gasteiger partial charge on any atom is -0.550 e. The third kappa shape index (κ3) is 3.60. The molecule has 0 spiro atoms. The summed E-state index contributed by atoms with van der Waals surface area (Å²) in [4.78, 5) is 21.1. The molecule has 0 bridgehead atoms. The average Bonchev–Trinajstić information content (AvgIpc) is 2.45. The molecule has 1 N–H and O–H groups in total. The number of fused-ring (bicyclic) bond motifs is 1. The van der Waals surface area contributed by atoms with E-state index in [9.17, 15) is 28.2 Å². The average molecular weight is 321 g/mol. The summed E-state index contributed by atoms with van der Waals surface area (Å²) in [7, 11) is -4.20. The van der Waals surface area contributed by atoms with Crippen LogP contribution >= 0.6 is 0 Å². The van der Waals surface area contributed by atoms with E-state index in [1.165, 1.54) is 12.1 Å². The molecule has 0 aliphatic rings. The van der Waals surface area contributed by atoms with Crippen LogP contribution in [0.5, 0.6) is 0 Å². The third-order valence-corrected chi connectivity index (χ3v) is 4.45. The van der Waals surface area contributed by atoms with E-state index in [2.05, 4.69) is 0 Å². The van der Waals surface area contributed by atoms with Crippen molar-refractivity contribution >= 4 is 32.7 Å². The molecule has 2 rings (SSSR count). The molecule has 0 saturated heterocycles. The van der Waals surface area contributed by atoms with Gasteiger partial charge >= 0.3 is 0 Å². The number of benzene rings is 2. The Morgan fingerprint density at radius 2 is 1.68 bits per heavy atom. The van der Waals surface area contributed by atoms with Crippen LogP contribution in [0.1, 0.15) is 6.42 Å². The van der Waals surface area contributed by atoms with Gasteiger partial charge in [0.05, 0.1) is 16.9 Å². The third-order valence-electron chi connectivity index (χ3n) is 2.98. The molecular weight excluding hydrogens is 310 g/mol. The fourth-order valence-electron chi connectivity index (χ4n) is 1.93. The second-order valence-corrected chi connectivity index (χ2v) is 6.29. The number of carbonyl (C=O) groups excluding carboxylic acids is 2. The van der Waals surface area contributed by atoms with Crippen LogP contribution < -0.4 is 14.9 Å². The molecule has 0 heterocycles. The fraction of sp³-hybridized carbons (Fsp3) is 0.143. The lowest BCUT2D eigenvalue weighted by molar-refractivity contribution is -0.317. The van der Waals surface area contributed by atoms with Crippen LogP contribution in [0.3, 0.4) is 0 Å². The van der Waals surface area contributed by atoms with Gasteiger partial charge in [0, 0.05) is 12.4 Å². The van der Waals surface area contributed by atoms with Crippen LogP contribution in [0.25, 0.3) is 10.8 Å². The monoisotopic (exact) mass is 321 g/mol. The predicted octanol–water partition coefficient (Wildman–Crippen LogP) is -1.62. The van der Waals surface area contributed by atoms with Gasteiger partial charge in [-0.05, 0) is 22.9 Å². The Hall–Kier alpha value is -2.45. The molecule has 1 atom stereocenters. The molecule has 0 saturated carbocycles. The molecule has 2 aromatic rings. The standard InChI is InChI=1S/C14H13NO6S/c16-13(17)8-12(14(18)19)15-22(20,21)11-6-5-9-3-1-2-4-10(9)7-11/h1-7,12,15H,8H2,(H,16,17)(H,18,19)/p-2/t12-/m1/s1. The largest absolute Gasteiger partial charge is 0.550 e. The van der Waals surface area contributed by atoms with Crippen LogP contribution in [0.15, 0.2) is 47.4 Å². The summed E-state index contributed by atoms with van der Waals surface area (Å²) in [5.74, 6) is -3.54. The number of aliphatic carboxylic acids is 2. The van der Waals surface area contributed by atoms with Gasteiger partial charge in [-0.15, -0.1) is 0 Å². The highest BCUT2D eigenvalue weighted by Crippen LogP contribution is 2.19. The lowest BCUT2D eigenvalue weighted by Crippen LogP contribution is -2.50. The molecule has 8 heteroatoms. The summed E-state index contributed by atoms with van der Waals surface area (Å²) < 4.78 is 26.1. The van der Waals surface area contributed by atoms with Crippen LogP contribution in [0.2, 0.25) is 0 Å². The van der Waals surface area contributed by atoms with E-state index in [1.54, 1.807) is 35.1 Å². The molecule has 22 heavy (non-hydrogen) atoms. The van der Waals surface area contributed by atoms with Crippen molar-refractivity contribution in [2.45, 2.75) is 17.4 Å². The van der Waals surface area contributed by atoms with Crippen molar-refractivity contribution in [3.8, 4) is 0 Å². The van der Waals surface area contributed by atoms with Crippen LogP contribution in [0, 0.1) is 0 Å². The van der Waals surface area contributed by atoms with Crippen molar-refractivity contribution < 1.29 is 28.2 Å². The molecule has 0 aliphatic carbocycles. The molecule has 0 aromatic heterocycles. The first-order valence-corrected chi connectivity index (χ1v) is 7.70. The Morgan fingerprint density at radius 1 is 1.05 bits per heavy atom. The van der Waals surface area contributed by atoms with Gasteiger partial charge in [0.15, 0.2) is 0 Å². The summed E-state index contributed by atoms with van der Waals surface area (Å²) in [6, 6.07) is 9.34. The smallest absolute Gasteiger partial charge is 0.241 e. The molecule has 0 unspecified atom stereocenters. The number of hydrogen-bond acceptors (Lipinski definition) is 6. The first kappa shape index (κ1) is 15.9. The highest BCUT2D eigenvalue weighted by Gasteiger charge is 2.21. The Balaban J connectivity index is 2.34. The van der Waals surface area contributed by atoms with E-state index >= 15 is 0 Å². The molecule has 0 amide bonds. The van der Waals surface area contributed by atoms with Crippen molar-refractivity contribution in [2.75, 3.05) is 0 Å². The Labute approximate surface area is 126 Å². The molecular formula is C14H11NO6S-2. The number of nitrogens with one attached hydrogen (secondary N) is 1. The predicted molar refractivity (Wildman–Crippen MR) is 72.7 cm³/mol. The van der Waals surface area contributed by atoms with E-state index in [0.717, 1.165) is 5.39 Å². The highest BCUT2D eigenvalue weighted by atomic mass is 32.2. The van der Waals surface area contributed by atoms with Crippen LogP contribution in [-0.4, -0.2) is 26.4 Å². The van der Waals surface area contributed by atoms with Crippen molar-refractivity contribution in [1.82, 2.24) is 4.72 Å². The first-order valence-electron chi connectivity index (χ1n) is 6.21. The van der Waals surface area contributed by atoms with E-state index < -0.39 is 34.4 Å². The van der Waals surface area contributed by atoms with Gasteiger partial charge in [0.25, 0.3) is 0 Å². The Bertz CT molecular complexity index is 830. The molecule has 0 aliphatic heterocycles. The summed E-state index contributed by atoms with van der Waals surface area (Å²) in [5.41, 5.74) is 0. The van der Waals surface area contributed by atoms with Crippen LogP contribution in [-0.2, 0) is 19.6 Å². The summed E-state index contributed by atoms with van der Waals surface area (Å²) >= 11 is 0. The van der Waals surface area contributed by atoms with E-state index in [0.29, 0.717) is 5.39 Å². The van der Waals surface area contributed by atoms with Gasteiger partial charge in [0.2, 0.25) is 10.0 Å². The molecule has 0 fully saturated rings. The maximum Gasteiger partial charge on any atom is 0.241 e. The summed E-state index contributed by atoms with van der Waals surface area (Å²) in [6.07, 6.45) is -1.02. The Morgan fingerprint density at radius 3 is 2.27 bits per heavy atom. The van der Waals surface area contributed by atoms with Gasteiger partial charge in [-0.3, -0.25) is 0 Å². The quantitative estimate of drug-likeness (QED) is 0.681. The van der Waals surface area contributed by atoms with Gasteiger partial charge in [-0.1, -0.05) is 30.3 Å². The zero-order chi connectivity index (χ0) is 16.3. The first-order chi connectivity index (χ1) is 10.3. The van der Waals surface area contributed by atoms with Crippen LogP contribution in [0.4, 0.5) is 0 Å². The van der Waals surface area contributed by atoms with Gasteiger partial charge in [0.1, 0.15) is 0 Å². The second kappa shape index (κ2) is 6.12. The minimum absolute atomic E-state index is 0.171. The SMILES string of the molecule is O=C([O-])C[C@@H](NS(=O)(=O)c1ccc2ccccc2c1)C(=O)[O-]. The minimum atomic E-state index is -4.20. The molecule has 2 aromatic carbocycles. The number of hydrogen-bond donors (Lipinski definition) is 1. The normalized spacial score (nSPS) is 12.9. The number of carboxylic acid groups (broad SMARTS) is 2. The van der Waals surface area contributed by atoms with Crippen molar-refractivity contribution in [2.24, 2.45) is 0 Å². The number of carbonyl (C=O) groups is 2. The summed E-state index contributed by atoms with van der Waals surface area (Å²) in [6.45, 7) is 0. The zero-order valence-corrected chi connectivity index (χ0v) is 12.0. The number of sulfonamides is 1. The number of carboxylic acids is 2.